The number of unbranched alkanes of at least 4 members (excludes halogenated alkanes) is 1. The first-order chi connectivity index (χ1) is 68.5. The van der Waals surface area contributed by atoms with Gasteiger partial charge < -0.3 is 175 Å². The van der Waals surface area contributed by atoms with Crippen molar-refractivity contribution >= 4 is 142 Å². The molecule has 0 saturated carbocycles. The molecule has 3 aliphatic rings. The Balaban J connectivity index is 1.48. The fraction of sp³-hybridized carbons (Fsp3) is 0.716. The maximum absolute atomic E-state index is 14.7. The Kier molecular flexibility index (Phi) is 54.9. The molecule has 4 rings (SSSR count). The van der Waals surface area contributed by atoms with Crippen LogP contribution in [0.4, 0.5) is 0 Å². The molecule has 1 aromatic rings. The largest absolute Gasteiger partial charge is 0.480 e. The van der Waals surface area contributed by atoms with Gasteiger partial charge in [0.15, 0.2) is 17.9 Å². The number of carboxylic acid groups (broad SMARTS) is 1. The molecular weight excluding hydrogens is 1920 g/mol. The molecular formula is C88H153N31O25S. The number of hydrogen-bond donors (Lipinski definition) is 34. The molecule has 56 nitrogen and oxygen atoms in total. The Labute approximate surface area is 844 Å². The van der Waals surface area contributed by atoms with E-state index in [0.29, 0.717) is 25.1 Å². The van der Waals surface area contributed by atoms with Crippen molar-refractivity contribution in [3.8, 4) is 0 Å². The van der Waals surface area contributed by atoms with Gasteiger partial charge in [-0.2, -0.15) is 11.8 Å². The number of amides is 18. The minimum atomic E-state index is -2.09. The number of H-pyrrole nitrogens is 1. The van der Waals surface area contributed by atoms with E-state index in [1.165, 1.54) is 43.0 Å². The number of guanidine groups is 3. The van der Waals surface area contributed by atoms with Crippen LogP contribution < -0.4 is 129 Å². The van der Waals surface area contributed by atoms with Crippen molar-refractivity contribution in [1.82, 2.24) is 126 Å². The van der Waals surface area contributed by atoms with Crippen molar-refractivity contribution in [1.29, 1.82) is 16.2 Å². The number of nitrogens with one attached hydrogen (secondary N) is 24. The van der Waals surface area contributed by atoms with Gasteiger partial charge in [-0.05, 0) is 187 Å². The van der Waals surface area contributed by atoms with Crippen LogP contribution in [0, 0.1) is 28.1 Å². The number of rotatable bonds is 65. The van der Waals surface area contributed by atoms with Gasteiger partial charge in [-0.1, -0.05) is 27.7 Å². The molecule has 0 aromatic carbocycles. The fourth-order valence-corrected chi connectivity index (χ4v) is 16.3. The van der Waals surface area contributed by atoms with E-state index in [2.05, 4.69) is 116 Å². The highest BCUT2D eigenvalue weighted by Crippen LogP contribution is 2.24. The van der Waals surface area contributed by atoms with E-state index < -0.39 is 265 Å². The summed E-state index contributed by atoms with van der Waals surface area (Å²) in [7, 11) is 0. The second-order valence-electron chi connectivity index (χ2n) is 36.8. The molecule has 0 spiro atoms. The number of carbonyl (C=O) groups excluding carboxylic acids is 18. The summed E-state index contributed by atoms with van der Waals surface area (Å²) in [4.78, 5) is 275. The number of hydrogen-bond acceptors (Lipinski definition) is 31. The predicted octanol–water partition coefficient (Wildman–Crippen LogP) is -11.9. The third-order valence-electron chi connectivity index (χ3n) is 23.8. The van der Waals surface area contributed by atoms with E-state index in [4.69, 9.17) is 39.2 Å². The molecule has 3 aliphatic heterocycles. The van der Waals surface area contributed by atoms with Gasteiger partial charge in [-0.25, -0.2) is 4.98 Å². The molecule has 21 atom stereocenters. The Hall–Kier alpha value is -13.0. The summed E-state index contributed by atoms with van der Waals surface area (Å²) in [6.07, 6.45) is 1.11. The molecule has 0 unspecified atom stereocenters. The Bertz CT molecular complexity index is 4510. The molecule has 0 aliphatic carbocycles. The number of carbonyl (C=O) groups is 19. The van der Waals surface area contributed by atoms with Gasteiger partial charge in [-0.15, -0.1) is 0 Å². The monoisotopic (exact) mass is 2080 g/mol. The standard InChI is InChI=1S/C88H153N31O25S/c1-43(2)35-57(110-68(126)45(5)103-71(129)53(21-14-29-98-86(90)91)108-80(138)63-25-18-33-119(63)84(142)59(36-44(3)4)112-77(135)58(37-50-38-96-42-102-50)111-70(128)51-20-13-28-97-51)76(134)106-56(26-34-145-10)74(132)105-55(23-16-31-100-88(94)95)73(131)113-61(41-121)78(136)116-67(49(9)124)83(141)117-66(48(8)123)81(139)109-52(19-11-12-27-89)75(133)115-65(47(7)122)82(140)114-60(40-120)69(127)101-39-64(125)118-32-17-24-62(118)79(137)107-54(22-15-30-99-87(92)93)72(130)104-46(6)85(143)144/h38,42-49,51-63,65-67,97,120-124H,11-37,39-41,89H2,1-10H3,(H,96,102)(H,101,127)(H,103,129)(H,104,130)(H,105,132)(H,106,134)(H,107,137)(H,108,138)(H,109,139)(H,110,126)(H,111,128)(H,112,135)(H,113,131)(H,114,140)(H,115,133)(H,116,136)(H,117,141)(H,143,144)(H4,90,91,98)(H4,92,93,99)(H4,94,95,100)/t45-,46-,47+,48+,49+,51-,52-,53-,54-,55-,56-,57-,58-,59-,60-,61-,62-,63-,65-,66-,67-/m0/s1. The number of aromatic amines is 1. The van der Waals surface area contributed by atoms with Crippen LogP contribution in [0.25, 0.3) is 0 Å². The van der Waals surface area contributed by atoms with Crippen LogP contribution in [-0.2, 0) is 97.5 Å². The van der Waals surface area contributed by atoms with Crippen molar-refractivity contribution < 1.29 is 122 Å². The van der Waals surface area contributed by atoms with Gasteiger partial charge in [-0.3, -0.25) is 107 Å². The fourth-order valence-electron chi connectivity index (χ4n) is 15.8. The van der Waals surface area contributed by atoms with Gasteiger partial charge in [0.25, 0.3) is 0 Å². The molecule has 145 heavy (non-hydrogen) atoms. The van der Waals surface area contributed by atoms with Crippen LogP contribution in [0.2, 0.25) is 0 Å². The SMILES string of the molecule is CSCC[C@H](NC(=O)[C@H](CC(C)C)NC(=O)[C@H](C)NC(=O)[C@H](CCCNC(=N)N)NC(=O)[C@@H]1CCCN1C(=O)[C@H](CC(C)C)NC(=O)[C@H](Cc1cnc[nH]1)NC(=O)[C@@H]1CCCN1)C(=O)N[C@@H](CCCNC(=N)N)C(=O)N[C@@H](CO)C(=O)N[C@H](C(=O)N[C@H](C(=O)N[C@@H](CCCCN)C(=O)N[C@H](C(=O)N[C@@H](CO)C(=O)NCC(=O)N1CCC[C@H]1C(=O)N[C@@H](CCCNC(=N)N)C(=O)N[C@@H](C)C(=O)O)[C@@H](C)O)[C@@H](C)O)[C@@H](C)O. The molecule has 4 heterocycles. The van der Waals surface area contributed by atoms with Gasteiger partial charge >= 0.3 is 5.97 Å². The number of nitrogens with zero attached hydrogens (tertiary/aromatic N) is 3. The first-order valence-corrected chi connectivity index (χ1v) is 49.9. The number of nitrogens with two attached hydrogens (primary N) is 4. The lowest BCUT2D eigenvalue weighted by molar-refractivity contribution is -0.143. The molecule has 57 heteroatoms. The number of aliphatic hydroxyl groups is 5. The Morgan fingerprint density at radius 2 is 0.807 bits per heavy atom. The van der Waals surface area contributed by atoms with Crippen molar-refractivity contribution in [2.45, 2.75) is 311 Å². The highest BCUT2D eigenvalue weighted by molar-refractivity contribution is 7.98. The lowest BCUT2D eigenvalue weighted by Crippen LogP contribution is -2.64. The minimum absolute atomic E-state index is 0.000599. The van der Waals surface area contributed by atoms with Gasteiger partial charge in [0, 0.05) is 51.0 Å². The van der Waals surface area contributed by atoms with Crippen molar-refractivity contribution in [3.63, 3.8) is 0 Å². The van der Waals surface area contributed by atoms with E-state index in [1.54, 1.807) is 20.1 Å². The zero-order valence-electron chi connectivity index (χ0n) is 83.6. The van der Waals surface area contributed by atoms with E-state index in [1.807, 2.05) is 13.8 Å². The van der Waals surface area contributed by atoms with E-state index in [0.717, 1.165) is 32.1 Å². The van der Waals surface area contributed by atoms with E-state index >= 15 is 0 Å². The Morgan fingerprint density at radius 3 is 1.26 bits per heavy atom. The average Bonchev–Trinajstić information content (AvgIpc) is 1.68. The summed E-state index contributed by atoms with van der Waals surface area (Å²) in [5, 5.41) is 136. The topological polar surface area (TPSA) is 897 Å². The molecule has 0 radical (unpaired) electrons. The number of aliphatic hydroxyl groups excluding tert-OH is 5. The van der Waals surface area contributed by atoms with Crippen LogP contribution in [0.15, 0.2) is 12.5 Å². The summed E-state index contributed by atoms with van der Waals surface area (Å²) in [6, 6.07) is -26.9. The second kappa shape index (κ2) is 64.0. The quantitative estimate of drug-likeness (QED) is 0.0164. The van der Waals surface area contributed by atoms with Crippen molar-refractivity contribution in [2.75, 3.05) is 77.6 Å². The average molecular weight is 2080 g/mol. The van der Waals surface area contributed by atoms with Crippen LogP contribution in [0.1, 0.15) is 184 Å². The summed E-state index contributed by atoms with van der Waals surface area (Å²) >= 11 is 1.26. The number of aromatic nitrogens is 2. The van der Waals surface area contributed by atoms with E-state index in [-0.39, 0.29) is 172 Å². The van der Waals surface area contributed by atoms with Crippen molar-refractivity contribution in [3.05, 3.63) is 18.2 Å². The zero-order chi connectivity index (χ0) is 109. The van der Waals surface area contributed by atoms with Crippen LogP contribution in [0.3, 0.4) is 0 Å². The maximum atomic E-state index is 14.7. The number of thioether (sulfide) groups is 1. The maximum Gasteiger partial charge on any atom is 0.325 e. The number of aliphatic carboxylic acids is 1. The van der Waals surface area contributed by atoms with Gasteiger partial charge in [0.2, 0.25) is 106 Å². The third kappa shape index (κ3) is 43.5. The summed E-state index contributed by atoms with van der Waals surface area (Å²) in [6.45, 7) is 10.4. The van der Waals surface area contributed by atoms with Gasteiger partial charge in [0.1, 0.15) is 103 Å². The molecule has 1 aromatic heterocycles. The number of carboxylic acids is 1. The molecule has 3 saturated heterocycles. The highest BCUT2D eigenvalue weighted by Gasteiger charge is 2.45. The summed E-state index contributed by atoms with van der Waals surface area (Å²) < 4.78 is 0. The van der Waals surface area contributed by atoms with Crippen molar-refractivity contribution in [2.24, 2.45) is 34.8 Å². The molecule has 0 bridgehead atoms. The summed E-state index contributed by atoms with van der Waals surface area (Å²) in [5.41, 5.74) is 22.7. The summed E-state index contributed by atoms with van der Waals surface area (Å²) in [5.74, 6) is -20.3. The smallest absolute Gasteiger partial charge is 0.325 e. The molecule has 18 amide bonds. The van der Waals surface area contributed by atoms with Crippen LogP contribution in [-0.4, -0.2) is 385 Å². The number of imidazole rings is 1. The van der Waals surface area contributed by atoms with Crippen LogP contribution in [0.5, 0.6) is 0 Å². The number of likely N-dealkylation sites (tertiary alicyclic amines) is 2. The Morgan fingerprint density at radius 1 is 0.428 bits per heavy atom. The molecule has 3 fully saturated rings. The lowest BCUT2D eigenvalue weighted by atomic mass is 10.0. The first-order valence-electron chi connectivity index (χ1n) is 48.5. The highest BCUT2D eigenvalue weighted by atomic mass is 32.2. The predicted molar refractivity (Wildman–Crippen MR) is 525 cm³/mol. The molecule has 38 N–H and O–H groups in total. The second-order valence-corrected chi connectivity index (χ2v) is 37.8. The molecule has 816 valence electrons. The minimum Gasteiger partial charge on any atom is -0.480 e. The normalized spacial score (nSPS) is 18.1. The first kappa shape index (κ1) is 124. The van der Waals surface area contributed by atoms with Crippen LogP contribution >= 0.6 is 11.8 Å². The zero-order valence-corrected chi connectivity index (χ0v) is 84.5. The lowest BCUT2D eigenvalue weighted by Gasteiger charge is -2.31. The van der Waals surface area contributed by atoms with Gasteiger partial charge in [0.05, 0.1) is 50.4 Å². The third-order valence-corrected chi connectivity index (χ3v) is 24.4. The van der Waals surface area contributed by atoms with E-state index in [9.17, 15) is 122 Å².